The standard InChI is InChI=1S/C21H25FN4O4S/c1-15(2)19(24-20(27)17-7-3-4-8-18(17)22)21(28)25-10-12-26(13-11-25)31(29,30)16-6-5-9-23-14-16/h3-9,14-15,19H,10-13H2,1-2H3,(H,24,27). The highest BCUT2D eigenvalue weighted by atomic mass is 32.2. The van der Waals surface area contributed by atoms with Crippen LogP contribution in [0.15, 0.2) is 53.7 Å². The Labute approximate surface area is 181 Å². The molecule has 1 aromatic heterocycles. The van der Waals surface area contributed by atoms with Crippen LogP contribution in [0.4, 0.5) is 4.39 Å². The van der Waals surface area contributed by atoms with Gasteiger partial charge in [-0.25, -0.2) is 12.8 Å². The van der Waals surface area contributed by atoms with Crippen LogP contribution < -0.4 is 5.32 Å². The summed E-state index contributed by atoms with van der Waals surface area (Å²) in [6.07, 6.45) is 2.79. The van der Waals surface area contributed by atoms with Gasteiger partial charge in [-0.05, 0) is 30.2 Å². The smallest absolute Gasteiger partial charge is 0.254 e. The van der Waals surface area contributed by atoms with Crippen molar-refractivity contribution in [3.05, 3.63) is 60.2 Å². The number of nitrogens with zero attached hydrogens (tertiary/aromatic N) is 3. The van der Waals surface area contributed by atoms with E-state index in [-0.39, 0.29) is 48.5 Å². The van der Waals surface area contributed by atoms with Crippen LogP contribution in [0.25, 0.3) is 0 Å². The zero-order valence-corrected chi connectivity index (χ0v) is 18.2. The van der Waals surface area contributed by atoms with Crippen LogP contribution in [-0.2, 0) is 14.8 Å². The van der Waals surface area contributed by atoms with Crippen LogP contribution in [0.3, 0.4) is 0 Å². The van der Waals surface area contributed by atoms with Crippen LogP contribution in [0.5, 0.6) is 0 Å². The number of aromatic nitrogens is 1. The van der Waals surface area contributed by atoms with E-state index >= 15 is 0 Å². The monoisotopic (exact) mass is 448 g/mol. The Morgan fingerprint density at radius 2 is 1.74 bits per heavy atom. The number of piperazine rings is 1. The molecular formula is C21H25FN4O4S. The highest BCUT2D eigenvalue weighted by Crippen LogP contribution is 2.18. The molecule has 1 atom stereocenters. The molecule has 1 fully saturated rings. The number of hydrogen-bond acceptors (Lipinski definition) is 5. The molecule has 0 radical (unpaired) electrons. The van der Waals surface area contributed by atoms with Gasteiger partial charge in [-0.3, -0.25) is 14.6 Å². The van der Waals surface area contributed by atoms with E-state index in [1.54, 1.807) is 26.0 Å². The summed E-state index contributed by atoms with van der Waals surface area (Å²) >= 11 is 0. The number of carbonyl (C=O) groups is 2. The van der Waals surface area contributed by atoms with E-state index in [9.17, 15) is 22.4 Å². The second-order valence-electron chi connectivity index (χ2n) is 7.59. The molecule has 8 nitrogen and oxygen atoms in total. The Balaban J connectivity index is 1.66. The van der Waals surface area contributed by atoms with E-state index < -0.39 is 27.8 Å². The highest BCUT2D eigenvalue weighted by Gasteiger charge is 2.34. The molecule has 1 N–H and O–H groups in total. The van der Waals surface area contributed by atoms with E-state index in [1.807, 2.05) is 0 Å². The number of hydrogen-bond donors (Lipinski definition) is 1. The lowest BCUT2D eigenvalue weighted by Crippen LogP contribution is -2.57. The third kappa shape index (κ3) is 5.08. The van der Waals surface area contributed by atoms with Crippen molar-refractivity contribution in [3.63, 3.8) is 0 Å². The van der Waals surface area contributed by atoms with Crippen molar-refractivity contribution in [1.29, 1.82) is 0 Å². The predicted molar refractivity (Wildman–Crippen MR) is 112 cm³/mol. The van der Waals surface area contributed by atoms with Crippen molar-refractivity contribution >= 4 is 21.8 Å². The van der Waals surface area contributed by atoms with E-state index in [4.69, 9.17) is 0 Å². The van der Waals surface area contributed by atoms with E-state index in [0.29, 0.717) is 0 Å². The molecule has 166 valence electrons. The van der Waals surface area contributed by atoms with Crippen molar-refractivity contribution in [2.24, 2.45) is 5.92 Å². The van der Waals surface area contributed by atoms with Gasteiger partial charge < -0.3 is 10.2 Å². The molecule has 1 aromatic carbocycles. The molecule has 0 spiro atoms. The summed E-state index contributed by atoms with van der Waals surface area (Å²) in [6.45, 7) is 4.22. The summed E-state index contributed by atoms with van der Waals surface area (Å²) in [4.78, 5) is 31.0. The van der Waals surface area contributed by atoms with Gasteiger partial charge in [0.25, 0.3) is 5.91 Å². The number of carbonyl (C=O) groups excluding carboxylic acids is 2. The molecule has 2 amide bonds. The van der Waals surface area contributed by atoms with Gasteiger partial charge in [0.1, 0.15) is 16.8 Å². The fourth-order valence-corrected chi connectivity index (χ4v) is 4.76. The Morgan fingerprint density at radius 1 is 1.06 bits per heavy atom. The molecular weight excluding hydrogens is 423 g/mol. The molecule has 1 aliphatic rings. The third-order valence-corrected chi connectivity index (χ3v) is 7.04. The maximum absolute atomic E-state index is 13.9. The highest BCUT2D eigenvalue weighted by molar-refractivity contribution is 7.89. The molecule has 10 heteroatoms. The first-order chi connectivity index (χ1) is 14.7. The average Bonchev–Trinajstić information content (AvgIpc) is 2.77. The Hall–Kier alpha value is -2.85. The first-order valence-electron chi connectivity index (χ1n) is 9.96. The summed E-state index contributed by atoms with van der Waals surface area (Å²) in [5, 5.41) is 2.63. The first kappa shape index (κ1) is 22.8. The predicted octanol–water partition coefficient (Wildman–Crippen LogP) is 1.51. The SMILES string of the molecule is CC(C)C(NC(=O)c1ccccc1F)C(=O)N1CCN(S(=O)(=O)c2cccnc2)CC1. The second kappa shape index (κ2) is 9.52. The minimum atomic E-state index is -3.69. The Morgan fingerprint density at radius 3 is 2.32 bits per heavy atom. The number of halogens is 1. The van der Waals surface area contributed by atoms with Crippen molar-refractivity contribution in [1.82, 2.24) is 19.5 Å². The number of amides is 2. The average molecular weight is 449 g/mol. The Kier molecular flexibility index (Phi) is 7.01. The Bertz CT molecular complexity index is 1040. The van der Waals surface area contributed by atoms with Gasteiger partial charge in [-0.1, -0.05) is 26.0 Å². The molecule has 2 heterocycles. The number of rotatable bonds is 6. The fourth-order valence-electron chi connectivity index (χ4n) is 3.37. The lowest BCUT2D eigenvalue weighted by atomic mass is 10.0. The fraction of sp³-hybridized carbons (Fsp3) is 0.381. The molecule has 1 aliphatic heterocycles. The summed E-state index contributed by atoms with van der Waals surface area (Å²) in [5.41, 5.74) is -0.131. The third-order valence-electron chi connectivity index (χ3n) is 5.16. The van der Waals surface area contributed by atoms with Crippen molar-refractivity contribution in [3.8, 4) is 0 Å². The minimum Gasteiger partial charge on any atom is -0.340 e. The topological polar surface area (TPSA) is 99.7 Å². The van der Waals surface area contributed by atoms with Crippen LogP contribution in [0.2, 0.25) is 0 Å². The summed E-state index contributed by atoms with van der Waals surface area (Å²) in [6, 6.07) is 7.75. The lowest BCUT2D eigenvalue weighted by molar-refractivity contribution is -0.135. The number of sulfonamides is 1. The summed E-state index contributed by atoms with van der Waals surface area (Å²) in [7, 11) is -3.69. The maximum Gasteiger partial charge on any atom is 0.254 e. The summed E-state index contributed by atoms with van der Waals surface area (Å²) in [5.74, 6) is -1.88. The van der Waals surface area contributed by atoms with Crippen molar-refractivity contribution < 1.29 is 22.4 Å². The molecule has 31 heavy (non-hydrogen) atoms. The van der Waals surface area contributed by atoms with Gasteiger partial charge in [0.15, 0.2) is 0 Å². The largest absolute Gasteiger partial charge is 0.340 e. The van der Waals surface area contributed by atoms with E-state index in [2.05, 4.69) is 10.3 Å². The van der Waals surface area contributed by atoms with Crippen molar-refractivity contribution in [2.45, 2.75) is 24.8 Å². The second-order valence-corrected chi connectivity index (χ2v) is 9.53. The molecule has 3 rings (SSSR count). The van der Waals surface area contributed by atoms with Gasteiger partial charge in [0, 0.05) is 38.6 Å². The van der Waals surface area contributed by atoms with Crippen LogP contribution >= 0.6 is 0 Å². The van der Waals surface area contributed by atoms with Crippen LogP contribution in [-0.4, -0.2) is 66.6 Å². The van der Waals surface area contributed by atoms with Crippen molar-refractivity contribution in [2.75, 3.05) is 26.2 Å². The molecule has 1 saturated heterocycles. The molecule has 0 aliphatic carbocycles. The lowest BCUT2D eigenvalue weighted by Gasteiger charge is -2.36. The zero-order valence-electron chi connectivity index (χ0n) is 17.4. The van der Waals surface area contributed by atoms with Gasteiger partial charge in [-0.15, -0.1) is 0 Å². The number of benzene rings is 1. The quantitative estimate of drug-likeness (QED) is 0.722. The molecule has 1 unspecified atom stereocenters. The first-order valence-corrected chi connectivity index (χ1v) is 11.4. The maximum atomic E-state index is 13.9. The number of pyridine rings is 1. The van der Waals surface area contributed by atoms with Crippen LogP contribution in [0.1, 0.15) is 24.2 Å². The van der Waals surface area contributed by atoms with E-state index in [1.165, 1.54) is 45.9 Å². The van der Waals surface area contributed by atoms with Gasteiger partial charge in [0.05, 0.1) is 5.56 Å². The molecule has 0 bridgehead atoms. The normalized spacial score (nSPS) is 16.2. The zero-order chi connectivity index (χ0) is 22.6. The molecule has 2 aromatic rings. The van der Waals surface area contributed by atoms with Crippen LogP contribution in [0, 0.1) is 11.7 Å². The molecule has 0 saturated carbocycles. The van der Waals surface area contributed by atoms with E-state index in [0.717, 1.165) is 0 Å². The van der Waals surface area contributed by atoms with Gasteiger partial charge in [0.2, 0.25) is 15.9 Å². The minimum absolute atomic E-state index is 0.104. The van der Waals surface area contributed by atoms with Gasteiger partial charge in [-0.2, -0.15) is 4.31 Å². The number of nitrogens with one attached hydrogen (secondary N) is 1. The van der Waals surface area contributed by atoms with Gasteiger partial charge >= 0.3 is 0 Å². The summed E-state index contributed by atoms with van der Waals surface area (Å²) < 4.78 is 40.7.